The first kappa shape index (κ1) is 28.0. The molecule has 7 heteroatoms. The topological polar surface area (TPSA) is 90.9 Å². The Kier molecular flexibility index (Phi) is 9.15. The average molecular weight is 530 g/mol. The Hall–Kier alpha value is -3.97. The van der Waals surface area contributed by atoms with Crippen LogP contribution in [0.2, 0.25) is 0 Å². The van der Waals surface area contributed by atoms with Gasteiger partial charge in [-0.25, -0.2) is 0 Å². The van der Waals surface area contributed by atoms with Crippen LogP contribution in [0.1, 0.15) is 49.8 Å². The summed E-state index contributed by atoms with van der Waals surface area (Å²) in [4.78, 5) is 38.0. The second kappa shape index (κ2) is 12.7. The minimum atomic E-state index is -0.818. The predicted molar refractivity (Wildman–Crippen MR) is 148 cm³/mol. The number of fused-ring (bicyclic) bond motifs is 3. The van der Waals surface area contributed by atoms with Crippen molar-refractivity contribution in [2.24, 2.45) is 5.92 Å². The van der Waals surface area contributed by atoms with Crippen molar-refractivity contribution in [3.05, 3.63) is 95.6 Å². The van der Waals surface area contributed by atoms with Gasteiger partial charge in [0, 0.05) is 5.92 Å². The zero-order chi connectivity index (χ0) is 27.8. The second-order valence-corrected chi connectivity index (χ2v) is 10.6. The lowest BCUT2D eigenvalue weighted by Gasteiger charge is -2.24. The van der Waals surface area contributed by atoms with Crippen molar-refractivity contribution in [3.63, 3.8) is 0 Å². The Balaban J connectivity index is 1.33. The van der Waals surface area contributed by atoms with Gasteiger partial charge in [-0.2, -0.15) is 0 Å². The first-order valence-electron chi connectivity index (χ1n) is 13.2. The van der Waals surface area contributed by atoms with E-state index in [1.54, 1.807) is 0 Å². The number of carbonyl (C=O) groups is 3. The minimum absolute atomic E-state index is 0.0125. The number of amides is 1. The minimum Gasteiger partial charge on any atom is -0.465 e. The molecule has 204 valence electrons. The third-order valence-corrected chi connectivity index (χ3v) is 6.52. The lowest BCUT2D eigenvalue weighted by Crippen LogP contribution is -2.39. The fraction of sp³-hybridized carbons (Fsp3) is 0.344. The van der Waals surface area contributed by atoms with Crippen LogP contribution >= 0.6 is 0 Å². The summed E-state index contributed by atoms with van der Waals surface area (Å²) in [5.41, 5.74) is 4.86. The summed E-state index contributed by atoms with van der Waals surface area (Å²) in [5, 5.41) is 2.58. The Morgan fingerprint density at radius 3 is 2.00 bits per heavy atom. The zero-order valence-corrected chi connectivity index (χ0v) is 22.6. The number of benzene rings is 3. The van der Waals surface area contributed by atoms with Gasteiger partial charge in [-0.3, -0.25) is 14.4 Å². The Morgan fingerprint density at radius 2 is 1.38 bits per heavy atom. The van der Waals surface area contributed by atoms with Crippen LogP contribution in [0.4, 0.5) is 0 Å². The molecule has 4 rings (SSSR count). The van der Waals surface area contributed by atoms with Gasteiger partial charge >= 0.3 is 11.9 Å². The number of ether oxygens (including phenoxy) is 3. The van der Waals surface area contributed by atoms with E-state index >= 15 is 0 Å². The van der Waals surface area contributed by atoms with Gasteiger partial charge in [-0.05, 0) is 48.6 Å². The summed E-state index contributed by atoms with van der Waals surface area (Å²) in [6, 6.07) is 25.5. The molecule has 3 aromatic rings. The number of hydrogen-bond acceptors (Lipinski definition) is 6. The Bertz CT molecular complexity index is 1250. The maximum absolute atomic E-state index is 13.0. The highest BCUT2D eigenvalue weighted by molar-refractivity contribution is 5.87. The summed E-state index contributed by atoms with van der Waals surface area (Å²) >= 11 is 0. The molecule has 0 fully saturated rings. The monoisotopic (exact) mass is 529 g/mol. The number of rotatable bonds is 11. The molecule has 1 atom stereocenters. The fourth-order valence-electron chi connectivity index (χ4n) is 4.55. The van der Waals surface area contributed by atoms with E-state index in [2.05, 4.69) is 29.6 Å². The van der Waals surface area contributed by atoms with Crippen LogP contribution < -0.4 is 5.32 Å². The lowest BCUT2D eigenvalue weighted by atomic mass is 9.98. The van der Waals surface area contributed by atoms with Gasteiger partial charge in [0.05, 0.1) is 24.5 Å². The predicted octanol–water partition coefficient (Wildman–Crippen LogP) is 5.02. The molecule has 1 aliphatic carbocycles. The van der Waals surface area contributed by atoms with Crippen molar-refractivity contribution in [1.82, 2.24) is 5.32 Å². The van der Waals surface area contributed by atoms with E-state index < -0.39 is 29.4 Å². The van der Waals surface area contributed by atoms with Crippen molar-refractivity contribution in [2.45, 2.75) is 45.3 Å². The van der Waals surface area contributed by atoms with Gasteiger partial charge in [0.25, 0.3) is 0 Å². The highest BCUT2D eigenvalue weighted by Gasteiger charge is 2.30. The summed E-state index contributed by atoms with van der Waals surface area (Å²) in [6.07, 6.45) is -0.170. The quantitative estimate of drug-likeness (QED) is 0.351. The summed E-state index contributed by atoms with van der Waals surface area (Å²) in [6.45, 7) is 5.61. The fourth-order valence-corrected chi connectivity index (χ4v) is 4.55. The van der Waals surface area contributed by atoms with Crippen LogP contribution in [0.5, 0.6) is 0 Å². The average Bonchev–Trinajstić information content (AvgIpc) is 3.25. The summed E-state index contributed by atoms with van der Waals surface area (Å²) in [7, 11) is 0. The molecule has 1 amide bonds. The molecule has 1 aliphatic rings. The van der Waals surface area contributed by atoms with E-state index in [0.717, 1.165) is 27.8 Å². The number of hydrogen-bond donors (Lipinski definition) is 1. The molecule has 0 radical (unpaired) electrons. The molecule has 0 aliphatic heterocycles. The molecule has 7 nitrogen and oxygen atoms in total. The highest BCUT2D eigenvalue weighted by atomic mass is 16.5. The van der Waals surface area contributed by atoms with E-state index in [4.69, 9.17) is 14.2 Å². The molecule has 3 aromatic carbocycles. The van der Waals surface area contributed by atoms with Gasteiger partial charge in [-0.1, -0.05) is 78.9 Å². The van der Waals surface area contributed by atoms with Crippen LogP contribution in [0.3, 0.4) is 0 Å². The zero-order valence-electron chi connectivity index (χ0n) is 22.6. The van der Waals surface area contributed by atoms with E-state index in [0.29, 0.717) is 0 Å². The van der Waals surface area contributed by atoms with Gasteiger partial charge in [0.1, 0.15) is 19.8 Å². The summed E-state index contributed by atoms with van der Waals surface area (Å²) < 4.78 is 16.7. The maximum Gasteiger partial charge on any atom is 0.325 e. The van der Waals surface area contributed by atoms with Gasteiger partial charge in [0.2, 0.25) is 5.91 Å². The molecule has 0 heterocycles. The highest BCUT2D eigenvalue weighted by Crippen LogP contribution is 2.44. The number of nitrogens with one attached hydrogen (secondary N) is 1. The van der Waals surface area contributed by atoms with Crippen molar-refractivity contribution >= 4 is 17.8 Å². The standard InChI is InChI=1S/C32H35NO6/c1-32(2,3)39-20-23(31(36)33-18-30(35)37-19-22-11-5-4-6-12-22)17-29(34)38-21-28-26-15-9-7-13-24(26)25-14-8-10-16-27(25)28/h4-16,23,28H,17-21H2,1-3H3,(H,33,36)/t23-/m0/s1. The smallest absolute Gasteiger partial charge is 0.325 e. The maximum atomic E-state index is 13.0. The van der Waals surface area contributed by atoms with Crippen LogP contribution in [0.15, 0.2) is 78.9 Å². The second-order valence-electron chi connectivity index (χ2n) is 10.6. The number of carbonyl (C=O) groups excluding carboxylic acids is 3. The van der Waals surface area contributed by atoms with Crippen molar-refractivity contribution in [2.75, 3.05) is 19.8 Å². The SMILES string of the molecule is CC(C)(C)OC[C@H](CC(=O)OCC1c2ccccc2-c2ccccc21)C(=O)NCC(=O)OCc1ccccc1. The first-order valence-corrected chi connectivity index (χ1v) is 13.2. The van der Waals surface area contributed by atoms with Crippen molar-refractivity contribution in [3.8, 4) is 11.1 Å². The molecule has 0 saturated carbocycles. The van der Waals surface area contributed by atoms with E-state index in [-0.39, 0.29) is 38.7 Å². The molecule has 0 saturated heterocycles. The Labute approximate surface area is 229 Å². The Morgan fingerprint density at radius 1 is 0.795 bits per heavy atom. The molecule has 0 aromatic heterocycles. The van der Waals surface area contributed by atoms with Crippen molar-refractivity contribution < 1.29 is 28.6 Å². The van der Waals surface area contributed by atoms with Crippen LogP contribution in [0.25, 0.3) is 11.1 Å². The van der Waals surface area contributed by atoms with Gasteiger partial charge in [0.15, 0.2) is 0 Å². The van der Waals surface area contributed by atoms with Crippen LogP contribution in [0, 0.1) is 5.92 Å². The largest absolute Gasteiger partial charge is 0.465 e. The van der Waals surface area contributed by atoms with Crippen molar-refractivity contribution in [1.29, 1.82) is 0 Å². The molecule has 0 unspecified atom stereocenters. The van der Waals surface area contributed by atoms with Gasteiger partial charge < -0.3 is 19.5 Å². The molecule has 39 heavy (non-hydrogen) atoms. The molecular weight excluding hydrogens is 494 g/mol. The summed E-state index contributed by atoms with van der Waals surface area (Å²) in [5.74, 6) is -2.42. The number of esters is 2. The molecule has 1 N–H and O–H groups in total. The van der Waals surface area contributed by atoms with Crippen LogP contribution in [-0.4, -0.2) is 43.2 Å². The molecular formula is C32H35NO6. The third-order valence-electron chi connectivity index (χ3n) is 6.52. The van der Waals surface area contributed by atoms with Crippen LogP contribution in [-0.2, 0) is 35.2 Å². The third kappa shape index (κ3) is 7.77. The normalized spacial score (nSPS) is 13.2. The molecule has 0 bridgehead atoms. The van der Waals surface area contributed by atoms with Gasteiger partial charge in [-0.15, -0.1) is 0 Å². The lowest BCUT2D eigenvalue weighted by molar-refractivity contribution is -0.150. The van der Waals surface area contributed by atoms with E-state index in [1.165, 1.54) is 0 Å². The van der Waals surface area contributed by atoms with E-state index in [1.807, 2.05) is 75.4 Å². The molecule has 0 spiro atoms. The first-order chi connectivity index (χ1) is 18.7. The van der Waals surface area contributed by atoms with E-state index in [9.17, 15) is 14.4 Å².